The minimum absolute atomic E-state index is 0.399. The van der Waals surface area contributed by atoms with Gasteiger partial charge in [-0.25, -0.2) is 9.78 Å². The van der Waals surface area contributed by atoms with Crippen LogP contribution in [0.1, 0.15) is 24.8 Å². The zero-order valence-electron chi connectivity index (χ0n) is 6.37. The van der Waals surface area contributed by atoms with E-state index >= 15 is 0 Å². The smallest absolute Gasteiger partial charge is 0.221 e. The van der Waals surface area contributed by atoms with Gasteiger partial charge in [-0.2, -0.15) is 0 Å². The van der Waals surface area contributed by atoms with E-state index in [1.807, 2.05) is 13.8 Å². The van der Waals surface area contributed by atoms with Gasteiger partial charge in [0.2, 0.25) is 6.08 Å². The highest BCUT2D eigenvalue weighted by Gasteiger charge is 2.03. The molecule has 11 heavy (non-hydrogen) atoms. The first-order valence-electron chi connectivity index (χ1n) is 3.27. The third-order valence-corrected chi connectivity index (χ3v) is 2.30. The lowest BCUT2D eigenvalue weighted by molar-refractivity contribution is 0.565. The van der Waals surface area contributed by atoms with Crippen LogP contribution in [0.2, 0.25) is 0 Å². The molecule has 1 heterocycles. The Morgan fingerprint density at radius 1 is 1.73 bits per heavy atom. The maximum absolute atomic E-state index is 9.83. The van der Waals surface area contributed by atoms with Crippen LogP contribution in [0.15, 0.2) is 10.4 Å². The topological polar surface area (TPSA) is 42.3 Å². The van der Waals surface area contributed by atoms with Crippen molar-refractivity contribution in [1.29, 1.82) is 0 Å². The lowest BCUT2D eigenvalue weighted by Gasteiger charge is -1.94. The van der Waals surface area contributed by atoms with Crippen molar-refractivity contribution in [2.24, 2.45) is 4.99 Å². The van der Waals surface area contributed by atoms with E-state index in [2.05, 4.69) is 9.98 Å². The molecule has 0 radical (unpaired) electrons. The average Bonchev–Trinajstić information content (AvgIpc) is 2.37. The molecule has 0 N–H and O–H groups in total. The predicted octanol–water partition coefficient (Wildman–Crippen LogP) is 2.23. The van der Waals surface area contributed by atoms with Crippen molar-refractivity contribution in [3.8, 4) is 0 Å². The van der Waals surface area contributed by atoms with Gasteiger partial charge in [0.1, 0.15) is 0 Å². The Morgan fingerprint density at radius 2 is 2.45 bits per heavy atom. The summed E-state index contributed by atoms with van der Waals surface area (Å²) >= 11 is 1.51. The molecule has 0 saturated carbocycles. The molecule has 1 rings (SSSR count). The summed E-state index contributed by atoms with van der Waals surface area (Å²) in [6, 6.07) is 0. The molecule has 4 heteroatoms. The fourth-order valence-corrected chi connectivity index (χ4v) is 1.39. The first-order valence-corrected chi connectivity index (χ1v) is 4.15. The van der Waals surface area contributed by atoms with Crippen molar-refractivity contribution >= 4 is 23.2 Å². The SMILES string of the molecule is CC(C)c1nc(N=C=O)cs1. The monoisotopic (exact) mass is 168 g/mol. The van der Waals surface area contributed by atoms with Crippen LogP contribution in [-0.2, 0) is 4.79 Å². The maximum Gasteiger partial charge on any atom is 0.242 e. The molecule has 0 aromatic carbocycles. The highest BCUT2D eigenvalue weighted by Crippen LogP contribution is 2.22. The fourth-order valence-electron chi connectivity index (χ4n) is 0.642. The maximum atomic E-state index is 9.83. The lowest BCUT2D eigenvalue weighted by Crippen LogP contribution is -1.82. The van der Waals surface area contributed by atoms with Crippen LogP contribution in [0.3, 0.4) is 0 Å². The zero-order valence-corrected chi connectivity index (χ0v) is 7.18. The van der Waals surface area contributed by atoms with Gasteiger partial charge in [-0.1, -0.05) is 13.8 Å². The van der Waals surface area contributed by atoms with E-state index in [4.69, 9.17) is 0 Å². The van der Waals surface area contributed by atoms with E-state index < -0.39 is 0 Å². The number of aromatic nitrogens is 1. The predicted molar refractivity (Wildman–Crippen MR) is 44.0 cm³/mol. The Balaban J connectivity index is 2.90. The molecule has 58 valence electrons. The number of hydrogen-bond acceptors (Lipinski definition) is 4. The molecule has 0 atom stereocenters. The highest BCUT2D eigenvalue weighted by molar-refractivity contribution is 7.10. The summed E-state index contributed by atoms with van der Waals surface area (Å²) in [5.41, 5.74) is 0. The molecule has 0 fully saturated rings. The Labute approximate surface area is 68.8 Å². The van der Waals surface area contributed by atoms with Gasteiger partial charge in [0, 0.05) is 11.3 Å². The summed E-state index contributed by atoms with van der Waals surface area (Å²) in [4.78, 5) is 17.3. The molecule has 0 aliphatic heterocycles. The van der Waals surface area contributed by atoms with Gasteiger partial charge in [-0.15, -0.1) is 16.3 Å². The summed E-state index contributed by atoms with van der Waals surface area (Å²) in [7, 11) is 0. The van der Waals surface area contributed by atoms with E-state index in [9.17, 15) is 4.79 Å². The number of thiazole rings is 1. The van der Waals surface area contributed by atoms with Crippen molar-refractivity contribution in [2.75, 3.05) is 0 Å². The van der Waals surface area contributed by atoms with Crippen molar-refractivity contribution in [1.82, 2.24) is 4.98 Å². The Kier molecular flexibility index (Phi) is 2.52. The molecule has 0 aliphatic rings. The van der Waals surface area contributed by atoms with Crippen LogP contribution >= 0.6 is 11.3 Å². The van der Waals surface area contributed by atoms with Gasteiger partial charge in [0.15, 0.2) is 5.82 Å². The standard InChI is InChI=1S/C7H8N2OS/c1-5(2)7-9-6(3-11-7)8-4-10/h3,5H,1-2H3. The van der Waals surface area contributed by atoms with Gasteiger partial charge in [0.25, 0.3) is 0 Å². The molecule has 1 aromatic rings. The molecule has 0 bridgehead atoms. The number of rotatable bonds is 2. The molecule has 1 aromatic heterocycles. The summed E-state index contributed by atoms with van der Waals surface area (Å²) in [5, 5.41) is 2.75. The summed E-state index contributed by atoms with van der Waals surface area (Å²) in [6.07, 6.45) is 1.46. The van der Waals surface area contributed by atoms with Gasteiger partial charge in [-0.05, 0) is 0 Å². The second kappa shape index (κ2) is 3.42. The van der Waals surface area contributed by atoms with E-state index in [-0.39, 0.29) is 0 Å². The van der Waals surface area contributed by atoms with Gasteiger partial charge < -0.3 is 0 Å². The normalized spacial score (nSPS) is 9.73. The van der Waals surface area contributed by atoms with Crippen molar-refractivity contribution in [2.45, 2.75) is 19.8 Å². The number of isocyanates is 1. The van der Waals surface area contributed by atoms with Crippen molar-refractivity contribution in [3.63, 3.8) is 0 Å². The molecular formula is C7H8N2OS. The number of hydrogen-bond donors (Lipinski definition) is 0. The molecule has 0 spiro atoms. The van der Waals surface area contributed by atoms with E-state index in [1.54, 1.807) is 5.38 Å². The Bertz CT molecular complexity index is 286. The van der Waals surface area contributed by atoms with Crippen LogP contribution in [0.4, 0.5) is 5.82 Å². The quantitative estimate of drug-likeness (QED) is 0.502. The van der Waals surface area contributed by atoms with Crippen LogP contribution in [-0.4, -0.2) is 11.1 Å². The number of aliphatic imine (C=N–C) groups is 1. The van der Waals surface area contributed by atoms with Gasteiger partial charge in [0.05, 0.1) is 5.01 Å². The summed E-state index contributed by atoms with van der Waals surface area (Å²) in [6.45, 7) is 4.10. The fraction of sp³-hybridized carbons (Fsp3) is 0.429. The average molecular weight is 168 g/mol. The van der Waals surface area contributed by atoms with E-state index in [0.717, 1.165) is 5.01 Å². The zero-order chi connectivity index (χ0) is 8.27. The highest BCUT2D eigenvalue weighted by atomic mass is 32.1. The largest absolute Gasteiger partial charge is 0.242 e. The summed E-state index contributed by atoms with van der Waals surface area (Å²) < 4.78 is 0. The number of carbonyl (C=O) groups excluding carboxylic acids is 1. The molecule has 0 unspecified atom stereocenters. The third-order valence-electron chi connectivity index (χ3n) is 1.16. The van der Waals surface area contributed by atoms with Crippen LogP contribution < -0.4 is 0 Å². The summed E-state index contributed by atoms with van der Waals surface area (Å²) in [5.74, 6) is 0.865. The Morgan fingerprint density at radius 3 is 2.91 bits per heavy atom. The van der Waals surface area contributed by atoms with Crippen LogP contribution in [0, 0.1) is 0 Å². The second-order valence-corrected chi connectivity index (χ2v) is 3.29. The van der Waals surface area contributed by atoms with Crippen molar-refractivity contribution < 1.29 is 4.79 Å². The van der Waals surface area contributed by atoms with Gasteiger partial charge >= 0.3 is 0 Å². The van der Waals surface area contributed by atoms with Gasteiger partial charge in [-0.3, -0.25) is 0 Å². The second-order valence-electron chi connectivity index (χ2n) is 2.40. The first kappa shape index (κ1) is 8.11. The Hall–Kier alpha value is -0.990. The minimum Gasteiger partial charge on any atom is -0.221 e. The molecule has 0 saturated heterocycles. The van der Waals surface area contributed by atoms with E-state index in [0.29, 0.717) is 11.7 Å². The van der Waals surface area contributed by atoms with Crippen LogP contribution in [0.25, 0.3) is 0 Å². The van der Waals surface area contributed by atoms with E-state index in [1.165, 1.54) is 17.4 Å². The molecule has 0 aliphatic carbocycles. The molecule has 3 nitrogen and oxygen atoms in total. The lowest BCUT2D eigenvalue weighted by atomic mass is 10.2. The van der Waals surface area contributed by atoms with Crippen molar-refractivity contribution in [3.05, 3.63) is 10.4 Å². The minimum atomic E-state index is 0.399. The molecule has 0 amide bonds. The first-order chi connectivity index (χ1) is 5.24. The number of nitrogens with zero attached hydrogens (tertiary/aromatic N) is 2. The molecular weight excluding hydrogens is 160 g/mol. The third kappa shape index (κ3) is 1.97. The van der Waals surface area contributed by atoms with Crippen LogP contribution in [0.5, 0.6) is 0 Å².